The lowest BCUT2D eigenvalue weighted by Gasteiger charge is -2.19. The minimum absolute atomic E-state index is 0.621. The third kappa shape index (κ3) is 3.70. The molecule has 0 bridgehead atoms. The zero-order valence-electron chi connectivity index (χ0n) is 10.6. The molecule has 1 heterocycles. The molecule has 0 aromatic carbocycles. The fourth-order valence-electron chi connectivity index (χ4n) is 2.48. The fraction of sp³-hybridized carbons (Fsp3) is 0.643. The van der Waals surface area contributed by atoms with Crippen LogP contribution in [-0.2, 0) is 11.3 Å². The van der Waals surface area contributed by atoms with Crippen LogP contribution in [0.5, 0.6) is 0 Å². The smallest absolute Gasteiger partial charge is 0.0748 e. The average molecular weight is 234 g/mol. The van der Waals surface area contributed by atoms with Gasteiger partial charge in [0.2, 0.25) is 0 Å². The molecule has 0 aliphatic heterocycles. The van der Waals surface area contributed by atoms with E-state index < -0.39 is 0 Å². The van der Waals surface area contributed by atoms with E-state index in [1.54, 1.807) is 7.11 Å². The largest absolute Gasteiger partial charge is 0.382 e. The SMILES string of the molecule is COCc1cnccc1NC1CCCCCC1. The van der Waals surface area contributed by atoms with Gasteiger partial charge in [0.05, 0.1) is 6.61 Å². The molecule has 1 saturated carbocycles. The third-order valence-electron chi connectivity index (χ3n) is 3.42. The Balaban J connectivity index is 2.00. The number of hydrogen-bond acceptors (Lipinski definition) is 3. The van der Waals surface area contributed by atoms with Crippen LogP contribution in [0.3, 0.4) is 0 Å². The van der Waals surface area contributed by atoms with Crippen LogP contribution in [-0.4, -0.2) is 18.1 Å². The second-order valence-corrected chi connectivity index (χ2v) is 4.80. The highest BCUT2D eigenvalue weighted by atomic mass is 16.5. The van der Waals surface area contributed by atoms with E-state index in [0.29, 0.717) is 12.6 Å². The zero-order chi connectivity index (χ0) is 11.9. The van der Waals surface area contributed by atoms with E-state index in [9.17, 15) is 0 Å². The minimum atomic E-state index is 0.621. The summed E-state index contributed by atoms with van der Waals surface area (Å²) in [5, 5.41) is 3.65. The Morgan fingerprint density at radius 1 is 1.29 bits per heavy atom. The maximum atomic E-state index is 5.20. The maximum absolute atomic E-state index is 5.20. The highest BCUT2D eigenvalue weighted by Crippen LogP contribution is 2.23. The Bertz CT molecular complexity index is 333. The number of methoxy groups -OCH3 is 1. The van der Waals surface area contributed by atoms with E-state index in [0.717, 1.165) is 5.56 Å². The summed E-state index contributed by atoms with van der Waals surface area (Å²) in [6, 6.07) is 2.68. The lowest BCUT2D eigenvalue weighted by Crippen LogP contribution is -2.19. The molecule has 1 N–H and O–H groups in total. The van der Waals surface area contributed by atoms with Gasteiger partial charge in [-0.05, 0) is 18.9 Å². The highest BCUT2D eigenvalue weighted by Gasteiger charge is 2.13. The molecule has 1 aliphatic carbocycles. The van der Waals surface area contributed by atoms with Gasteiger partial charge < -0.3 is 10.1 Å². The van der Waals surface area contributed by atoms with Crippen molar-refractivity contribution in [2.45, 2.75) is 51.2 Å². The lowest BCUT2D eigenvalue weighted by atomic mass is 10.1. The van der Waals surface area contributed by atoms with E-state index in [-0.39, 0.29) is 0 Å². The van der Waals surface area contributed by atoms with Crippen LogP contribution in [0.1, 0.15) is 44.1 Å². The molecule has 0 unspecified atom stereocenters. The summed E-state index contributed by atoms with van der Waals surface area (Å²) in [4.78, 5) is 4.16. The Kier molecular flexibility index (Phi) is 4.80. The molecule has 3 nitrogen and oxygen atoms in total. The molecule has 2 rings (SSSR count). The van der Waals surface area contributed by atoms with E-state index in [4.69, 9.17) is 4.74 Å². The zero-order valence-corrected chi connectivity index (χ0v) is 10.6. The second kappa shape index (κ2) is 6.60. The van der Waals surface area contributed by atoms with Crippen molar-refractivity contribution >= 4 is 5.69 Å². The number of anilines is 1. The number of nitrogens with one attached hydrogen (secondary N) is 1. The number of nitrogens with zero attached hydrogens (tertiary/aromatic N) is 1. The van der Waals surface area contributed by atoms with Crippen LogP contribution in [0.25, 0.3) is 0 Å². The molecule has 0 atom stereocenters. The molecule has 94 valence electrons. The van der Waals surface area contributed by atoms with Crippen molar-refractivity contribution in [3.05, 3.63) is 24.0 Å². The molecular formula is C14H22N2O. The van der Waals surface area contributed by atoms with Crippen molar-refractivity contribution in [1.82, 2.24) is 4.98 Å². The van der Waals surface area contributed by atoms with Crippen molar-refractivity contribution in [2.24, 2.45) is 0 Å². The molecule has 1 fully saturated rings. The molecule has 0 spiro atoms. The molecular weight excluding hydrogens is 212 g/mol. The first-order valence-electron chi connectivity index (χ1n) is 6.58. The van der Waals surface area contributed by atoms with Crippen LogP contribution in [0, 0.1) is 0 Å². The predicted molar refractivity (Wildman–Crippen MR) is 70.1 cm³/mol. The van der Waals surface area contributed by atoms with Crippen molar-refractivity contribution in [2.75, 3.05) is 12.4 Å². The van der Waals surface area contributed by atoms with Gasteiger partial charge in [0.25, 0.3) is 0 Å². The summed E-state index contributed by atoms with van der Waals surface area (Å²) in [5.41, 5.74) is 2.34. The summed E-state index contributed by atoms with van der Waals surface area (Å²) in [6.07, 6.45) is 11.8. The third-order valence-corrected chi connectivity index (χ3v) is 3.42. The Morgan fingerprint density at radius 3 is 2.76 bits per heavy atom. The molecule has 17 heavy (non-hydrogen) atoms. The van der Waals surface area contributed by atoms with Gasteiger partial charge >= 0.3 is 0 Å². The first-order valence-corrected chi connectivity index (χ1v) is 6.58. The van der Waals surface area contributed by atoms with Gasteiger partial charge in [-0.15, -0.1) is 0 Å². The normalized spacial score (nSPS) is 17.7. The van der Waals surface area contributed by atoms with E-state index >= 15 is 0 Å². The Hall–Kier alpha value is -1.09. The van der Waals surface area contributed by atoms with Gasteiger partial charge in [0, 0.05) is 36.8 Å². The molecule has 1 aliphatic rings. The lowest BCUT2D eigenvalue weighted by molar-refractivity contribution is 0.185. The van der Waals surface area contributed by atoms with Gasteiger partial charge in [0.1, 0.15) is 0 Å². The fourth-order valence-corrected chi connectivity index (χ4v) is 2.48. The van der Waals surface area contributed by atoms with Gasteiger partial charge in [0.15, 0.2) is 0 Å². The second-order valence-electron chi connectivity index (χ2n) is 4.80. The summed E-state index contributed by atoms with van der Waals surface area (Å²) in [6.45, 7) is 0.628. The van der Waals surface area contributed by atoms with Gasteiger partial charge in [-0.2, -0.15) is 0 Å². The molecule has 1 aromatic heterocycles. The number of ether oxygens (including phenoxy) is 1. The van der Waals surface area contributed by atoms with Crippen molar-refractivity contribution < 1.29 is 4.74 Å². The predicted octanol–water partition coefficient (Wildman–Crippen LogP) is 3.36. The standard InChI is InChI=1S/C14H22N2O/c1-17-11-12-10-15-9-8-14(12)16-13-6-4-2-3-5-7-13/h8-10,13H,2-7,11H2,1H3,(H,15,16). The molecule has 0 radical (unpaired) electrons. The number of pyridine rings is 1. The molecule has 1 aromatic rings. The van der Waals surface area contributed by atoms with E-state index in [1.807, 2.05) is 12.4 Å². The molecule has 0 amide bonds. The minimum Gasteiger partial charge on any atom is -0.382 e. The topological polar surface area (TPSA) is 34.1 Å². The monoisotopic (exact) mass is 234 g/mol. The summed E-state index contributed by atoms with van der Waals surface area (Å²) in [7, 11) is 1.72. The summed E-state index contributed by atoms with van der Waals surface area (Å²) in [5.74, 6) is 0. The van der Waals surface area contributed by atoms with Crippen LogP contribution in [0.15, 0.2) is 18.5 Å². The molecule has 0 saturated heterocycles. The number of rotatable bonds is 4. The summed E-state index contributed by atoms with van der Waals surface area (Å²) < 4.78 is 5.20. The number of hydrogen-bond donors (Lipinski definition) is 1. The Morgan fingerprint density at radius 2 is 2.06 bits per heavy atom. The van der Waals surface area contributed by atoms with Gasteiger partial charge in [-0.1, -0.05) is 25.7 Å². The van der Waals surface area contributed by atoms with E-state index in [2.05, 4.69) is 16.4 Å². The average Bonchev–Trinajstić information content (AvgIpc) is 2.61. The van der Waals surface area contributed by atoms with Crippen LogP contribution < -0.4 is 5.32 Å². The quantitative estimate of drug-likeness (QED) is 0.811. The van der Waals surface area contributed by atoms with E-state index in [1.165, 1.54) is 44.2 Å². The molecule has 3 heteroatoms. The number of aromatic nitrogens is 1. The van der Waals surface area contributed by atoms with Crippen molar-refractivity contribution in [1.29, 1.82) is 0 Å². The van der Waals surface area contributed by atoms with Gasteiger partial charge in [-0.25, -0.2) is 0 Å². The van der Waals surface area contributed by atoms with Crippen molar-refractivity contribution in [3.8, 4) is 0 Å². The van der Waals surface area contributed by atoms with Crippen LogP contribution in [0.4, 0.5) is 5.69 Å². The van der Waals surface area contributed by atoms with Crippen molar-refractivity contribution in [3.63, 3.8) is 0 Å². The highest BCUT2D eigenvalue weighted by molar-refractivity contribution is 5.49. The Labute approximate surface area is 104 Å². The van der Waals surface area contributed by atoms with Crippen LogP contribution >= 0.6 is 0 Å². The summed E-state index contributed by atoms with van der Waals surface area (Å²) >= 11 is 0. The first kappa shape index (κ1) is 12.4. The maximum Gasteiger partial charge on any atom is 0.0748 e. The first-order chi connectivity index (χ1) is 8.40. The van der Waals surface area contributed by atoms with Gasteiger partial charge in [-0.3, -0.25) is 4.98 Å². The van der Waals surface area contributed by atoms with Crippen LogP contribution in [0.2, 0.25) is 0 Å².